The maximum atomic E-state index is 6.04. The molecule has 0 fully saturated rings. The van der Waals surface area contributed by atoms with Gasteiger partial charge in [0.2, 0.25) is 0 Å². The molecule has 0 aromatic heterocycles. The van der Waals surface area contributed by atoms with E-state index < -0.39 is 5.50 Å². The maximum absolute atomic E-state index is 6.04. The lowest BCUT2D eigenvalue weighted by atomic mass is 9.74. The number of thiol groups is 1. The molecule has 2 radical (unpaired) electrons. The van der Waals surface area contributed by atoms with E-state index in [4.69, 9.17) is 12.6 Å². The van der Waals surface area contributed by atoms with Crippen LogP contribution in [0.25, 0.3) is 0 Å². The zero-order valence-electron chi connectivity index (χ0n) is 11.7. The highest BCUT2D eigenvalue weighted by Gasteiger charge is 2.32. The number of ether oxygens (including phenoxy) is 1. The molecule has 98 valence electrons. The Morgan fingerprint density at radius 3 is 2.72 bits per heavy atom. The minimum Gasteiger partial charge on any atom is -0.498 e. The van der Waals surface area contributed by atoms with Crippen LogP contribution in [0.3, 0.4) is 0 Å². The Hall–Kier alpha value is -0.305. The molecule has 1 aliphatic heterocycles. The van der Waals surface area contributed by atoms with Crippen molar-refractivity contribution in [3.8, 4) is 0 Å². The summed E-state index contributed by atoms with van der Waals surface area (Å²) in [5, 5.41) is 0.419. The van der Waals surface area contributed by atoms with Crippen LogP contribution in [0.15, 0.2) is 23.5 Å². The Bertz CT molecular complexity index is 384. The van der Waals surface area contributed by atoms with Crippen LogP contribution in [0.2, 0.25) is 0 Å². The van der Waals surface area contributed by atoms with Gasteiger partial charge in [-0.05, 0) is 43.6 Å². The topological polar surface area (TPSA) is 9.23 Å². The summed E-state index contributed by atoms with van der Waals surface area (Å²) in [7, 11) is 6.04. The van der Waals surface area contributed by atoms with Crippen molar-refractivity contribution in [3.05, 3.63) is 23.5 Å². The lowest BCUT2D eigenvalue weighted by Gasteiger charge is -2.38. The second-order valence-corrected chi connectivity index (χ2v) is 7.03. The zero-order chi connectivity index (χ0) is 13.4. The van der Waals surface area contributed by atoms with Crippen molar-refractivity contribution in [2.24, 2.45) is 5.41 Å². The highest BCUT2D eigenvalue weighted by Crippen LogP contribution is 2.42. The average Bonchev–Trinajstić information content (AvgIpc) is 2.26. The van der Waals surface area contributed by atoms with Crippen LogP contribution in [0, 0.1) is 5.41 Å². The van der Waals surface area contributed by atoms with Gasteiger partial charge in [-0.3, -0.25) is 0 Å². The molecule has 2 rings (SSSR count). The van der Waals surface area contributed by atoms with Gasteiger partial charge in [0.1, 0.15) is 7.85 Å². The first-order valence-corrected chi connectivity index (χ1v) is 7.41. The van der Waals surface area contributed by atoms with Crippen LogP contribution in [0.4, 0.5) is 0 Å². The van der Waals surface area contributed by atoms with Crippen molar-refractivity contribution < 1.29 is 4.74 Å². The van der Waals surface area contributed by atoms with Gasteiger partial charge in [0.05, 0.1) is 11.3 Å². The van der Waals surface area contributed by atoms with E-state index in [0.717, 1.165) is 25.0 Å². The Morgan fingerprint density at radius 1 is 1.33 bits per heavy atom. The molecule has 0 N–H and O–H groups in total. The second-order valence-electron chi connectivity index (χ2n) is 6.25. The quantitative estimate of drug-likeness (QED) is 0.555. The van der Waals surface area contributed by atoms with Gasteiger partial charge in [-0.1, -0.05) is 26.0 Å². The summed E-state index contributed by atoms with van der Waals surface area (Å²) in [5.41, 5.74) is 1.00. The van der Waals surface area contributed by atoms with Crippen molar-refractivity contribution in [3.63, 3.8) is 0 Å². The lowest BCUT2D eigenvalue weighted by molar-refractivity contribution is 0.106. The molecular formula is C15H23BOS. The van der Waals surface area contributed by atoms with E-state index in [9.17, 15) is 0 Å². The van der Waals surface area contributed by atoms with Crippen molar-refractivity contribution in [1.82, 2.24) is 0 Å². The molecule has 1 nitrogen and oxygen atoms in total. The molecule has 1 heterocycles. The summed E-state index contributed by atoms with van der Waals surface area (Å²) in [6.45, 7) is 6.46. The predicted molar refractivity (Wildman–Crippen MR) is 81.1 cm³/mol. The van der Waals surface area contributed by atoms with E-state index in [1.165, 1.54) is 18.4 Å². The highest BCUT2D eigenvalue weighted by molar-refractivity contribution is 7.81. The van der Waals surface area contributed by atoms with Crippen LogP contribution in [0.5, 0.6) is 0 Å². The summed E-state index contributed by atoms with van der Waals surface area (Å²) in [4.78, 5) is 0. The van der Waals surface area contributed by atoms with Gasteiger partial charge in [0, 0.05) is 11.7 Å². The van der Waals surface area contributed by atoms with Gasteiger partial charge in [-0.2, -0.15) is 12.6 Å². The fourth-order valence-corrected chi connectivity index (χ4v) is 3.04. The number of allylic oxidation sites excluding steroid dienone is 3. The normalized spacial score (nSPS) is 38.4. The number of hydrogen-bond acceptors (Lipinski definition) is 2. The van der Waals surface area contributed by atoms with Crippen molar-refractivity contribution in [1.29, 1.82) is 0 Å². The number of rotatable bonds is 1. The van der Waals surface area contributed by atoms with E-state index in [2.05, 4.69) is 32.6 Å². The Balaban J connectivity index is 2.16. The predicted octanol–water partition coefficient (Wildman–Crippen LogP) is 4.00. The van der Waals surface area contributed by atoms with E-state index >= 15 is 0 Å². The van der Waals surface area contributed by atoms with Crippen LogP contribution in [-0.2, 0) is 4.74 Å². The molecule has 1 aliphatic carbocycles. The summed E-state index contributed by atoms with van der Waals surface area (Å²) in [6.07, 6.45) is 9.77. The smallest absolute Gasteiger partial charge is 0.137 e. The minimum atomic E-state index is -0.638. The highest BCUT2D eigenvalue weighted by atomic mass is 32.1. The maximum Gasteiger partial charge on any atom is 0.137 e. The van der Waals surface area contributed by atoms with E-state index in [1.54, 1.807) is 0 Å². The van der Waals surface area contributed by atoms with Gasteiger partial charge in [-0.25, -0.2) is 0 Å². The Labute approximate surface area is 118 Å². The molecule has 0 aromatic carbocycles. The van der Waals surface area contributed by atoms with Gasteiger partial charge in [0.15, 0.2) is 0 Å². The molecular weight excluding hydrogens is 239 g/mol. The molecule has 0 bridgehead atoms. The molecule has 0 saturated heterocycles. The van der Waals surface area contributed by atoms with Crippen molar-refractivity contribution in [2.75, 3.05) is 0 Å². The van der Waals surface area contributed by atoms with Gasteiger partial charge < -0.3 is 4.74 Å². The van der Waals surface area contributed by atoms with Crippen LogP contribution < -0.4 is 0 Å². The van der Waals surface area contributed by atoms with E-state index in [0.29, 0.717) is 10.7 Å². The van der Waals surface area contributed by atoms with Crippen molar-refractivity contribution >= 4 is 20.5 Å². The van der Waals surface area contributed by atoms with E-state index in [-0.39, 0.29) is 0 Å². The molecule has 3 atom stereocenters. The average molecular weight is 262 g/mol. The molecule has 3 unspecified atom stereocenters. The first-order valence-electron chi connectivity index (χ1n) is 6.90. The van der Waals surface area contributed by atoms with Crippen LogP contribution >= 0.6 is 12.6 Å². The Kier molecular flexibility index (Phi) is 3.92. The van der Waals surface area contributed by atoms with Gasteiger partial charge in [0.25, 0.3) is 0 Å². The van der Waals surface area contributed by atoms with Crippen LogP contribution in [-0.4, -0.2) is 18.6 Å². The molecule has 0 spiro atoms. The summed E-state index contributed by atoms with van der Waals surface area (Å²) < 4.78 is 5.93. The fourth-order valence-electron chi connectivity index (χ4n) is 2.78. The molecule has 0 aromatic rings. The fraction of sp³-hybridized carbons (Fsp3) is 0.733. The largest absolute Gasteiger partial charge is 0.498 e. The zero-order valence-corrected chi connectivity index (χ0v) is 12.6. The van der Waals surface area contributed by atoms with Gasteiger partial charge >= 0.3 is 0 Å². The standard InChI is InChI=1S/C15H23BOS/c1-11(18)14(2)8-4-5-12-6-10-15(3,16)17-13(12)7-9-14/h6,10-11,18H,4-5,7-9H2,1-3H3. The first kappa shape index (κ1) is 14.1. The summed E-state index contributed by atoms with van der Waals surface area (Å²) >= 11 is 4.67. The molecule has 3 heteroatoms. The lowest BCUT2D eigenvalue weighted by Crippen LogP contribution is -2.32. The monoisotopic (exact) mass is 262 g/mol. The third kappa shape index (κ3) is 2.99. The Morgan fingerprint density at radius 2 is 2.06 bits per heavy atom. The second kappa shape index (κ2) is 4.99. The van der Waals surface area contributed by atoms with Crippen LogP contribution in [0.1, 0.15) is 52.9 Å². The van der Waals surface area contributed by atoms with E-state index in [1.807, 2.05) is 13.0 Å². The molecule has 18 heavy (non-hydrogen) atoms. The first-order chi connectivity index (χ1) is 8.32. The minimum absolute atomic E-state index is 0.303. The third-order valence-electron chi connectivity index (χ3n) is 4.44. The van der Waals surface area contributed by atoms with Crippen molar-refractivity contribution in [2.45, 2.75) is 63.6 Å². The molecule has 0 saturated carbocycles. The summed E-state index contributed by atoms with van der Waals surface area (Å²) in [5.74, 6) is 1.10. The van der Waals surface area contributed by atoms with Gasteiger partial charge in [-0.15, -0.1) is 0 Å². The molecule has 0 amide bonds. The number of hydrogen-bond donors (Lipinski definition) is 1. The SMILES string of the molecule is [B]C1(C)C=CC2=C(CCC(C)(C(C)S)CCC2)O1. The summed E-state index contributed by atoms with van der Waals surface area (Å²) in [6, 6.07) is 0. The molecule has 2 aliphatic rings. The third-order valence-corrected chi connectivity index (χ3v) is 5.07.